The average molecular weight is 217 g/mol. The Hall–Kier alpha value is -2.28. The van der Waals surface area contributed by atoms with Crippen molar-refractivity contribution in [3.8, 4) is 11.8 Å². The molecule has 1 N–H and O–H groups in total. The third kappa shape index (κ3) is 3.84. The highest BCUT2D eigenvalue weighted by Crippen LogP contribution is 2.13. The van der Waals surface area contributed by atoms with E-state index in [1.807, 2.05) is 6.07 Å². The highest BCUT2D eigenvalue weighted by molar-refractivity contribution is 5.80. The van der Waals surface area contributed by atoms with Crippen molar-refractivity contribution in [3.05, 3.63) is 41.5 Å². The molecular weight excluding hydrogens is 206 g/mol. The first-order valence-corrected chi connectivity index (χ1v) is 4.65. The van der Waals surface area contributed by atoms with Gasteiger partial charge in [-0.1, -0.05) is 6.07 Å². The van der Waals surface area contributed by atoms with Crippen LogP contribution in [0.15, 0.2) is 35.9 Å². The van der Waals surface area contributed by atoms with E-state index in [1.54, 1.807) is 31.2 Å². The maximum absolute atomic E-state index is 10.3. The number of hydrogen-bond acceptors (Lipinski definition) is 3. The van der Waals surface area contributed by atoms with Gasteiger partial charge in [0.1, 0.15) is 12.4 Å². The number of nitriles is 1. The quantitative estimate of drug-likeness (QED) is 0.782. The van der Waals surface area contributed by atoms with Crippen molar-refractivity contribution >= 4 is 5.97 Å². The highest BCUT2D eigenvalue weighted by atomic mass is 16.5. The Morgan fingerprint density at radius 2 is 2.38 bits per heavy atom. The van der Waals surface area contributed by atoms with E-state index in [0.29, 0.717) is 16.9 Å². The molecule has 4 heteroatoms. The number of nitrogens with zero attached hydrogens (tertiary/aromatic N) is 1. The number of aliphatic carboxylic acids is 1. The standard InChI is InChI=1S/C12H11NO3/c1-9(5-12(14)15)8-16-11-4-2-3-10(6-11)7-13/h2-6H,8H2,1H3,(H,14,15). The van der Waals surface area contributed by atoms with Gasteiger partial charge < -0.3 is 9.84 Å². The van der Waals surface area contributed by atoms with Crippen LogP contribution >= 0.6 is 0 Å². The van der Waals surface area contributed by atoms with Gasteiger partial charge in [-0.05, 0) is 30.7 Å². The Kier molecular flexibility index (Phi) is 4.10. The van der Waals surface area contributed by atoms with Crippen LogP contribution in [0, 0.1) is 11.3 Å². The van der Waals surface area contributed by atoms with Crippen molar-refractivity contribution in [1.29, 1.82) is 5.26 Å². The number of ether oxygens (including phenoxy) is 1. The van der Waals surface area contributed by atoms with E-state index in [4.69, 9.17) is 15.1 Å². The summed E-state index contributed by atoms with van der Waals surface area (Å²) in [4.78, 5) is 10.3. The summed E-state index contributed by atoms with van der Waals surface area (Å²) < 4.78 is 5.33. The maximum atomic E-state index is 10.3. The molecule has 0 spiro atoms. The number of carboxylic acids is 1. The van der Waals surface area contributed by atoms with Crippen LogP contribution in [0.1, 0.15) is 12.5 Å². The fourth-order valence-electron chi connectivity index (χ4n) is 1.11. The Morgan fingerprint density at radius 1 is 1.62 bits per heavy atom. The average Bonchev–Trinajstić information content (AvgIpc) is 2.26. The first kappa shape index (κ1) is 11.8. The van der Waals surface area contributed by atoms with Crippen molar-refractivity contribution in [2.75, 3.05) is 6.61 Å². The van der Waals surface area contributed by atoms with Crippen molar-refractivity contribution in [2.45, 2.75) is 6.92 Å². The normalized spacial score (nSPS) is 10.6. The van der Waals surface area contributed by atoms with Gasteiger partial charge in [0.05, 0.1) is 11.6 Å². The zero-order valence-electron chi connectivity index (χ0n) is 8.80. The summed E-state index contributed by atoms with van der Waals surface area (Å²) in [6.07, 6.45) is 1.09. The lowest BCUT2D eigenvalue weighted by atomic mass is 10.2. The molecule has 0 radical (unpaired) electrons. The van der Waals surface area contributed by atoms with Gasteiger partial charge in [0.25, 0.3) is 0 Å². The molecule has 82 valence electrons. The lowest BCUT2D eigenvalue weighted by Gasteiger charge is -2.05. The number of carboxylic acid groups (broad SMARTS) is 1. The van der Waals surface area contributed by atoms with Gasteiger partial charge in [-0.3, -0.25) is 0 Å². The SMILES string of the molecule is CC(=CC(=O)O)COc1cccc(C#N)c1. The maximum Gasteiger partial charge on any atom is 0.328 e. The molecule has 1 aromatic rings. The van der Waals surface area contributed by atoms with Crippen LogP contribution in [-0.4, -0.2) is 17.7 Å². The molecule has 0 bridgehead atoms. The molecule has 0 amide bonds. The first-order valence-electron chi connectivity index (χ1n) is 4.65. The summed E-state index contributed by atoms with van der Waals surface area (Å²) in [5, 5.41) is 17.2. The van der Waals surface area contributed by atoms with Gasteiger partial charge in [0.2, 0.25) is 0 Å². The van der Waals surface area contributed by atoms with Crippen molar-refractivity contribution < 1.29 is 14.6 Å². The van der Waals surface area contributed by atoms with E-state index < -0.39 is 5.97 Å². The molecule has 4 nitrogen and oxygen atoms in total. The molecule has 0 aromatic heterocycles. The summed E-state index contributed by atoms with van der Waals surface area (Å²) >= 11 is 0. The van der Waals surface area contributed by atoms with Crippen LogP contribution in [0.25, 0.3) is 0 Å². The van der Waals surface area contributed by atoms with E-state index in [1.165, 1.54) is 0 Å². The predicted molar refractivity (Wildman–Crippen MR) is 58.0 cm³/mol. The predicted octanol–water partition coefficient (Wildman–Crippen LogP) is 1.97. The van der Waals surface area contributed by atoms with Crippen molar-refractivity contribution in [1.82, 2.24) is 0 Å². The smallest absolute Gasteiger partial charge is 0.328 e. The second-order valence-corrected chi connectivity index (χ2v) is 3.26. The van der Waals surface area contributed by atoms with Crippen molar-refractivity contribution in [2.24, 2.45) is 0 Å². The molecule has 0 heterocycles. The van der Waals surface area contributed by atoms with E-state index in [2.05, 4.69) is 0 Å². The molecule has 0 saturated heterocycles. The van der Waals surface area contributed by atoms with Gasteiger partial charge in [-0.25, -0.2) is 4.79 Å². The molecule has 0 fully saturated rings. The molecule has 0 unspecified atom stereocenters. The molecule has 0 aliphatic rings. The van der Waals surface area contributed by atoms with Gasteiger partial charge in [0, 0.05) is 6.08 Å². The van der Waals surface area contributed by atoms with E-state index in [9.17, 15) is 4.79 Å². The number of benzene rings is 1. The lowest BCUT2D eigenvalue weighted by Crippen LogP contribution is -2.01. The summed E-state index contributed by atoms with van der Waals surface area (Å²) in [5.74, 6) is -0.441. The Balaban J connectivity index is 2.62. The monoisotopic (exact) mass is 217 g/mol. The lowest BCUT2D eigenvalue weighted by molar-refractivity contribution is -0.131. The third-order valence-electron chi connectivity index (χ3n) is 1.80. The minimum atomic E-state index is -0.994. The molecule has 16 heavy (non-hydrogen) atoms. The van der Waals surface area contributed by atoms with Gasteiger partial charge >= 0.3 is 5.97 Å². The van der Waals surface area contributed by atoms with Gasteiger partial charge in [-0.15, -0.1) is 0 Å². The van der Waals surface area contributed by atoms with Crippen LogP contribution in [0.2, 0.25) is 0 Å². The molecule has 1 aromatic carbocycles. The number of hydrogen-bond donors (Lipinski definition) is 1. The molecular formula is C12H11NO3. The Bertz CT molecular complexity index is 458. The molecule has 0 saturated carbocycles. The third-order valence-corrected chi connectivity index (χ3v) is 1.80. The van der Waals surface area contributed by atoms with E-state index in [-0.39, 0.29) is 6.61 Å². The fourth-order valence-corrected chi connectivity index (χ4v) is 1.11. The zero-order chi connectivity index (χ0) is 12.0. The number of carbonyl (C=O) groups is 1. The molecule has 0 aliphatic heterocycles. The Labute approximate surface area is 93.4 Å². The van der Waals surface area contributed by atoms with Gasteiger partial charge in [-0.2, -0.15) is 5.26 Å². The first-order chi connectivity index (χ1) is 7.61. The Morgan fingerprint density at radius 3 is 3.00 bits per heavy atom. The fraction of sp³-hybridized carbons (Fsp3) is 0.167. The largest absolute Gasteiger partial charge is 0.489 e. The zero-order valence-corrected chi connectivity index (χ0v) is 8.80. The molecule has 0 aliphatic carbocycles. The van der Waals surface area contributed by atoms with Crippen molar-refractivity contribution in [3.63, 3.8) is 0 Å². The summed E-state index contributed by atoms with van der Waals surface area (Å²) in [5.41, 5.74) is 1.12. The van der Waals surface area contributed by atoms with E-state index >= 15 is 0 Å². The highest BCUT2D eigenvalue weighted by Gasteiger charge is 1.98. The van der Waals surface area contributed by atoms with Crippen LogP contribution < -0.4 is 4.74 Å². The summed E-state index contributed by atoms with van der Waals surface area (Å²) in [7, 11) is 0. The second kappa shape index (κ2) is 5.56. The van der Waals surface area contributed by atoms with Crippen LogP contribution in [0.5, 0.6) is 5.75 Å². The molecule has 0 atom stereocenters. The summed E-state index contributed by atoms with van der Waals surface area (Å²) in [6, 6.07) is 8.71. The van der Waals surface area contributed by atoms with Gasteiger partial charge in [0.15, 0.2) is 0 Å². The number of rotatable bonds is 4. The minimum Gasteiger partial charge on any atom is -0.489 e. The van der Waals surface area contributed by atoms with Crippen LogP contribution in [-0.2, 0) is 4.79 Å². The summed E-state index contributed by atoms with van der Waals surface area (Å²) in [6.45, 7) is 1.86. The second-order valence-electron chi connectivity index (χ2n) is 3.26. The van der Waals surface area contributed by atoms with Crippen LogP contribution in [0.3, 0.4) is 0 Å². The minimum absolute atomic E-state index is 0.196. The topological polar surface area (TPSA) is 70.3 Å². The molecule has 1 rings (SSSR count). The van der Waals surface area contributed by atoms with Crippen LogP contribution in [0.4, 0.5) is 0 Å². The van der Waals surface area contributed by atoms with E-state index in [0.717, 1.165) is 6.08 Å².